The van der Waals surface area contributed by atoms with Crippen LogP contribution in [0.5, 0.6) is 0 Å². The van der Waals surface area contributed by atoms with E-state index in [2.05, 4.69) is 10.3 Å². The minimum Gasteiger partial charge on any atom is -0.481 e. The number of anilines is 1. The SMILES string of the molecule is CC(C)n1ccnc(NCC2(C(=O)O)CCC2)c1=O. The molecule has 0 aliphatic heterocycles. The molecule has 1 aromatic heterocycles. The summed E-state index contributed by atoms with van der Waals surface area (Å²) >= 11 is 0. The van der Waals surface area contributed by atoms with Crippen LogP contribution in [0.25, 0.3) is 0 Å². The Bertz CT molecular complexity index is 532. The van der Waals surface area contributed by atoms with Crippen LogP contribution in [0.3, 0.4) is 0 Å². The van der Waals surface area contributed by atoms with Crippen LogP contribution in [0.15, 0.2) is 17.2 Å². The molecule has 6 heteroatoms. The average molecular weight is 265 g/mol. The monoisotopic (exact) mass is 265 g/mol. The van der Waals surface area contributed by atoms with E-state index in [1.165, 1.54) is 0 Å². The number of carboxylic acids is 1. The molecule has 0 spiro atoms. The van der Waals surface area contributed by atoms with Crippen LogP contribution in [0.1, 0.15) is 39.2 Å². The van der Waals surface area contributed by atoms with Gasteiger partial charge in [0, 0.05) is 25.0 Å². The van der Waals surface area contributed by atoms with Crippen molar-refractivity contribution in [3.63, 3.8) is 0 Å². The standard InChI is InChI=1S/C13H19N3O3/c1-9(2)16-7-6-14-10(11(16)17)15-8-13(12(18)19)4-3-5-13/h6-7,9H,3-5,8H2,1-2H3,(H,14,15)(H,18,19). The second-order valence-corrected chi connectivity index (χ2v) is 5.37. The lowest BCUT2D eigenvalue weighted by atomic mass is 9.69. The molecule has 2 N–H and O–H groups in total. The van der Waals surface area contributed by atoms with Gasteiger partial charge in [-0.15, -0.1) is 0 Å². The van der Waals surface area contributed by atoms with E-state index in [9.17, 15) is 14.7 Å². The van der Waals surface area contributed by atoms with Crippen LogP contribution in [-0.2, 0) is 4.79 Å². The summed E-state index contributed by atoms with van der Waals surface area (Å²) in [5.74, 6) is -0.574. The summed E-state index contributed by atoms with van der Waals surface area (Å²) in [5, 5.41) is 12.1. The van der Waals surface area contributed by atoms with Crippen molar-refractivity contribution in [2.75, 3.05) is 11.9 Å². The van der Waals surface area contributed by atoms with Gasteiger partial charge in [-0.2, -0.15) is 0 Å². The van der Waals surface area contributed by atoms with Crippen LogP contribution in [0.4, 0.5) is 5.82 Å². The lowest BCUT2D eigenvalue weighted by molar-refractivity contribution is -0.153. The Balaban J connectivity index is 2.14. The number of hydrogen-bond donors (Lipinski definition) is 2. The molecular weight excluding hydrogens is 246 g/mol. The summed E-state index contributed by atoms with van der Waals surface area (Å²) in [6.45, 7) is 4.08. The number of carboxylic acid groups (broad SMARTS) is 1. The van der Waals surface area contributed by atoms with Gasteiger partial charge in [0.05, 0.1) is 5.41 Å². The summed E-state index contributed by atoms with van der Waals surface area (Å²) in [7, 11) is 0. The van der Waals surface area contributed by atoms with E-state index in [-0.39, 0.29) is 24.0 Å². The molecule has 6 nitrogen and oxygen atoms in total. The number of rotatable bonds is 5. The van der Waals surface area contributed by atoms with Crippen molar-refractivity contribution >= 4 is 11.8 Å². The van der Waals surface area contributed by atoms with Crippen molar-refractivity contribution in [1.29, 1.82) is 0 Å². The smallest absolute Gasteiger partial charge is 0.311 e. The normalized spacial score (nSPS) is 17.0. The molecular formula is C13H19N3O3. The van der Waals surface area contributed by atoms with Gasteiger partial charge in [-0.25, -0.2) is 4.98 Å². The highest BCUT2D eigenvalue weighted by Gasteiger charge is 2.44. The molecule has 1 heterocycles. The number of nitrogens with zero attached hydrogens (tertiary/aromatic N) is 2. The van der Waals surface area contributed by atoms with Gasteiger partial charge in [-0.05, 0) is 26.7 Å². The Morgan fingerprint density at radius 2 is 2.26 bits per heavy atom. The number of carbonyl (C=O) groups is 1. The van der Waals surface area contributed by atoms with E-state index < -0.39 is 11.4 Å². The van der Waals surface area contributed by atoms with Gasteiger partial charge in [0.2, 0.25) is 0 Å². The summed E-state index contributed by atoms with van der Waals surface area (Å²) in [5.41, 5.74) is -0.940. The van der Waals surface area contributed by atoms with E-state index in [0.717, 1.165) is 6.42 Å². The fourth-order valence-electron chi connectivity index (χ4n) is 2.28. The summed E-state index contributed by atoms with van der Waals surface area (Å²) in [4.78, 5) is 27.3. The molecule has 19 heavy (non-hydrogen) atoms. The van der Waals surface area contributed by atoms with Gasteiger partial charge in [-0.1, -0.05) is 6.42 Å². The Hall–Kier alpha value is -1.85. The maximum absolute atomic E-state index is 12.1. The molecule has 104 valence electrons. The molecule has 0 unspecified atom stereocenters. The molecule has 0 atom stereocenters. The minimum absolute atomic E-state index is 0.0492. The average Bonchev–Trinajstić information content (AvgIpc) is 2.28. The molecule has 0 radical (unpaired) electrons. The van der Waals surface area contributed by atoms with E-state index >= 15 is 0 Å². The molecule has 1 aliphatic rings. The number of aromatic nitrogens is 2. The first-order valence-electron chi connectivity index (χ1n) is 6.51. The van der Waals surface area contributed by atoms with Gasteiger partial charge in [0.15, 0.2) is 5.82 Å². The van der Waals surface area contributed by atoms with Gasteiger partial charge in [-0.3, -0.25) is 9.59 Å². The van der Waals surface area contributed by atoms with Crippen LogP contribution in [-0.4, -0.2) is 27.2 Å². The van der Waals surface area contributed by atoms with Crippen molar-refractivity contribution in [3.05, 3.63) is 22.7 Å². The maximum Gasteiger partial charge on any atom is 0.311 e. The highest BCUT2D eigenvalue weighted by atomic mass is 16.4. The lowest BCUT2D eigenvalue weighted by Gasteiger charge is -2.37. The first-order chi connectivity index (χ1) is 8.96. The van der Waals surface area contributed by atoms with Crippen LogP contribution in [0.2, 0.25) is 0 Å². The van der Waals surface area contributed by atoms with Crippen LogP contribution >= 0.6 is 0 Å². The number of hydrogen-bond acceptors (Lipinski definition) is 4. The van der Waals surface area contributed by atoms with Gasteiger partial charge >= 0.3 is 5.97 Å². The quantitative estimate of drug-likeness (QED) is 0.842. The van der Waals surface area contributed by atoms with Gasteiger partial charge in [0.25, 0.3) is 5.56 Å². The van der Waals surface area contributed by atoms with Crippen LogP contribution in [0, 0.1) is 5.41 Å². The molecule has 0 saturated heterocycles. The highest BCUT2D eigenvalue weighted by Crippen LogP contribution is 2.40. The van der Waals surface area contributed by atoms with Crippen molar-refractivity contribution in [2.45, 2.75) is 39.2 Å². The number of nitrogens with one attached hydrogen (secondary N) is 1. The molecule has 0 aromatic carbocycles. The molecule has 1 aliphatic carbocycles. The molecule has 0 amide bonds. The zero-order chi connectivity index (χ0) is 14.0. The molecule has 2 rings (SSSR count). The van der Waals surface area contributed by atoms with Gasteiger partial charge < -0.3 is 15.0 Å². The Morgan fingerprint density at radius 3 is 2.74 bits per heavy atom. The van der Waals surface area contributed by atoms with E-state index in [4.69, 9.17) is 0 Å². The summed E-state index contributed by atoms with van der Waals surface area (Å²) in [6, 6.07) is 0.0492. The zero-order valence-corrected chi connectivity index (χ0v) is 11.2. The zero-order valence-electron chi connectivity index (χ0n) is 11.2. The minimum atomic E-state index is -0.800. The van der Waals surface area contributed by atoms with Crippen molar-refractivity contribution in [3.8, 4) is 0 Å². The van der Waals surface area contributed by atoms with Crippen molar-refractivity contribution in [1.82, 2.24) is 9.55 Å². The predicted octanol–water partition coefficient (Wildman–Crippen LogP) is 1.49. The third kappa shape index (κ3) is 2.47. The first kappa shape index (κ1) is 13.6. The highest BCUT2D eigenvalue weighted by molar-refractivity contribution is 5.76. The second-order valence-electron chi connectivity index (χ2n) is 5.37. The van der Waals surface area contributed by atoms with E-state index in [1.807, 2.05) is 13.8 Å². The number of aliphatic carboxylic acids is 1. The first-order valence-corrected chi connectivity index (χ1v) is 6.51. The Labute approximate surface area is 111 Å². The third-order valence-corrected chi connectivity index (χ3v) is 3.78. The topological polar surface area (TPSA) is 84.2 Å². The third-order valence-electron chi connectivity index (χ3n) is 3.78. The summed E-state index contributed by atoms with van der Waals surface area (Å²) in [6.07, 6.45) is 5.42. The largest absolute Gasteiger partial charge is 0.481 e. The van der Waals surface area contributed by atoms with E-state index in [0.29, 0.717) is 12.8 Å². The molecule has 1 fully saturated rings. The van der Waals surface area contributed by atoms with Crippen molar-refractivity contribution < 1.29 is 9.90 Å². The maximum atomic E-state index is 12.1. The second kappa shape index (κ2) is 5.03. The Morgan fingerprint density at radius 1 is 1.58 bits per heavy atom. The molecule has 1 aromatic rings. The summed E-state index contributed by atoms with van der Waals surface area (Å²) < 4.78 is 1.57. The lowest BCUT2D eigenvalue weighted by Crippen LogP contribution is -2.44. The predicted molar refractivity (Wildman–Crippen MR) is 71.3 cm³/mol. The Kier molecular flexibility index (Phi) is 3.59. The fourth-order valence-corrected chi connectivity index (χ4v) is 2.28. The van der Waals surface area contributed by atoms with Crippen LogP contribution < -0.4 is 10.9 Å². The fraction of sp³-hybridized carbons (Fsp3) is 0.615. The van der Waals surface area contributed by atoms with Crippen molar-refractivity contribution in [2.24, 2.45) is 5.41 Å². The van der Waals surface area contributed by atoms with E-state index in [1.54, 1.807) is 17.0 Å². The van der Waals surface area contributed by atoms with Gasteiger partial charge in [0.1, 0.15) is 0 Å². The molecule has 0 bridgehead atoms. The molecule has 1 saturated carbocycles.